The van der Waals surface area contributed by atoms with Gasteiger partial charge in [0.1, 0.15) is 5.78 Å². The molecule has 0 aliphatic heterocycles. The van der Waals surface area contributed by atoms with Gasteiger partial charge in [-0.2, -0.15) is 0 Å². The third-order valence-electron chi connectivity index (χ3n) is 6.03. The van der Waals surface area contributed by atoms with Gasteiger partial charge in [0.25, 0.3) is 0 Å². The molecule has 0 bridgehead atoms. The zero-order valence-electron chi connectivity index (χ0n) is 21.2. The van der Waals surface area contributed by atoms with Crippen LogP contribution >= 0.6 is 0 Å². The number of nitrogens with one attached hydrogen (secondary N) is 1. The lowest BCUT2D eigenvalue weighted by molar-refractivity contribution is -0.120. The molecule has 0 fully saturated rings. The maximum Gasteiger partial charge on any atom is 0.146 e. The van der Waals surface area contributed by atoms with E-state index in [0.29, 0.717) is 5.92 Å². The molecule has 31 heavy (non-hydrogen) atoms. The second-order valence-electron chi connectivity index (χ2n) is 9.32. The van der Waals surface area contributed by atoms with Gasteiger partial charge < -0.3 is 5.32 Å². The first-order valence-electron chi connectivity index (χ1n) is 12.1. The molecule has 2 nitrogen and oxygen atoms in total. The fourth-order valence-electron chi connectivity index (χ4n) is 4.00. The summed E-state index contributed by atoms with van der Waals surface area (Å²) < 4.78 is 0. The van der Waals surface area contributed by atoms with E-state index in [1.165, 1.54) is 53.5 Å². The van der Waals surface area contributed by atoms with Crippen LogP contribution in [0.1, 0.15) is 94.0 Å². The quantitative estimate of drug-likeness (QED) is 0.424. The Balaban J connectivity index is 0.000000316. The van der Waals surface area contributed by atoms with Crippen molar-refractivity contribution in [2.45, 2.75) is 99.6 Å². The lowest BCUT2D eigenvalue weighted by atomic mass is 9.90. The fourth-order valence-corrected chi connectivity index (χ4v) is 4.00. The van der Waals surface area contributed by atoms with Crippen molar-refractivity contribution in [3.05, 3.63) is 70.3 Å². The number of rotatable bonds is 10. The van der Waals surface area contributed by atoms with Crippen molar-refractivity contribution in [1.82, 2.24) is 5.32 Å². The lowest BCUT2D eigenvalue weighted by Crippen LogP contribution is -2.39. The zero-order chi connectivity index (χ0) is 23.4. The second-order valence-corrected chi connectivity index (χ2v) is 9.32. The minimum atomic E-state index is -0.0448. The van der Waals surface area contributed by atoms with Crippen LogP contribution in [-0.4, -0.2) is 11.8 Å². The van der Waals surface area contributed by atoms with E-state index in [-0.39, 0.29) is 11.8 Å². The number of hydrogen-bond acceptors (Lipinski definition) is 2. The van der Waals surface area contributed by atoms with Crippen LogP contribution < -0.4 is 5.32 Å². The molecule has 0 aliphatic rings. The Hall–Kier alpha value is -1.93. The van der Waals surface area contributed by atoms with Gasteiger partial charge in [-0.3, -0.25) is 4.79 Å². The number of aryl methyl sites for hydroxylation is 3. The summed E-state index contributed by atoms with van der Waals surface area (Å²) in [6.45, 7) is 17.5. The molecule has 2 heteroatoms. The Morgan fingerprint density at radius 3 is 1.90 bits per heavy atom. The fraction of sp³-hybridized carbons (Fsp3) is 0.552. The van der Waals surface area contributed by atoms with Crippen LogP contribution in [0.4, 0.5) is 0 Å². The summed E-state index contributed by atoms with van der Waals surface area (Å²) in [5, 5.41) is 3.33. The molecule has 0 saturated heterocycles. The van der Waals surface area contributed by atoms with E-state index >= 15 is 0 Å². The second kappa shape index (κ2) is 14.2. The lowest BCUT2D eigenvalue weighted by Gasteiger charge is -2.19. The van der Waals surface area contributed by atoms with Crippen LogP contribution in [0.25, 0.3) is 0 Å². The van der Waals surface area contributed by atoms with E-state index in [9.17, 15) is 4.79 Å². The summed E-state index contributed by atoms with van der Waals surface area (Å²) in [6.07, 6.45) is 5.24. The molecule has 172 valence electrons. The van der Waals surface area contributed by atoms with E-state index in [0.717, 1.165) is 12.5 Å². The molecule has 2 aromatic rings. The third kappa shape index (κ3) is 9.82. The molecule has 0 heterocycles. The molecule has 2 aromatic carbocycles. The van der Waals surface area contributed by atoms with Crippen LogP contribution in [0.3, 0.4) is 0 Å². The average molecular weight is 424 g/mol. The van der Waals surface area contributed by atoms with Crippen molar-refractivity contribution < 1.29 is 4.79 Å². The molecular weight excluding hydrogens is 378 g/mol. The van der Waals surface area contributed by atoms with Gasteiger partial charge in [0.15, 0.2) is 0 Å². The van der Waals surface area contributed by atoms with Gasteiger partial charge in [0.2, 0.25) is 0 Å². The maximum atomic E-state index is 11.5. The molecule has 0 saturated carbocycles. The van der Waals surface area contributed by atoms with Gasteiger partial charge in [0, 0.05) is 6.54 Å². The van der Waals surface area contributed by atoms with Gasteiger partial charge in [-0.05, 0) is 74.6 Å². The Morgan fingerprint density at radius 2 is 1.45 bits per heavy atom. The largest absolute Gasteiger partial charge is 0.303 e. The molecule has 1 unspecified atom stereocenters. The van der Waals surface area contributed by atoms with E-state index < -0.39 is 0 Å². The zero-order valence-corrected chi connectivity index (χ0v) is 21.2. The number of carbonyl (C=O) groups excluding carboxylic acids is 1. The van der Waals surface area contributed by atoms with E-state index in [2.05, 4.69) is 96.2 Å². The normalized spacial score (nSPS) is 11.9. The van der Waals surface area contributed by atoms with Gasteiger partial charge in [-0.25, -0.2) is 0 Å². The number of ketones is 1. The number of hydrogen-bond donors (Lipinski definition) is 1. The summed E-state index contributed by atoms with van der Waals surface area (Å²) in [7, 11) is 0. The molecule has 0 spiro atoms. The smallest absolute Gasteiger partial charge is 0.146 e. The Labute approximate surface area is 191 Å². The van der Waals surface area contributed by atoms with E-state index in [1.807, 2.05) is 0 Å². The third-order valence-corrected chi connectivity index (χ3v) is 6.03. The van der Waals surface area contributed by atoms with Crippen LogP contribution in [0.15, 0.2) is 42.5 Å². The van der Waals surface area contributed by atoms with E-state index in [4.69, 9.17) is 0 Å². The van der Waals surface area contributed by atoms with Crippen LogP contribution in [0.5, 0.6) is 0 Å². The predicted molar refractivity (Wildman–Crippen MR) is 136 cm³/mol. The summed E-state index contributed by atoms with van der Waals surface area (Å²) in [6, 6.07) is 15.4. The van der Waals surface area contributed by atoms with E-state index in [1.54, 1.807) is 6.92 Å². The monoisotopic (exact) mass is 423 g/mol. The highest BCUT2D eigenvalue weighted by Gasteiger charge is 2.17. The first kappa shape index (κ1) is 27.1. The highest BCUT2D eigenvalue weighted by atomic mass is 16.1. The highest BCUT2D eigenvalue weighted by molar-refractivity contribution is 5.81. The first-order valence-corrected chi connectivity index (χ1v) is 12.1. The molecule has 0 aromatic heterocycles. The maximum absolute atomic E-state index is 11.5. The minimum absolute atomic E-state index is 0.0448. The number of carbonyl (C=O) groups is 1. The van der Waals surface area contributed by atoms with Gasteiger partial charge in [-0.1, -0.05) is 88.6 Å². The Kier molecular flexibility index (Phi) is 12.4. The van der Waals surface area contributed by atoms with Crippen molar-refractivity contribution in [2.75, 3.05) is 0 Å². The summed E-state index contributed by atoms with van der Waals surface area (Å²) >= 11 is 0. The number of benzene rings is 2. The average Bonchev–Trinajstić information content (AvgIpc) is 2.71. The molecule has 2 rings (SSSR count). The summed E-state index contributed by atoms with van der Waals surface area (Å²) in [5.41, 5.74) is 6.73. The topological polar surface area (TPSA) is 29.1 Å². The van der Waals surface area contributed by atoms with Crippen LogP contribution in [-0.2, 0) is 11.3 Å². The van der Waals surface area contributed by atoms with Crippen molar-refractivity contribution in [3.8, 4) is 0 Å². The molecule has 0 amide bonds. The standard InChI is InChI=1S/C15H23NO.C14H22/c1-10(2)15(13(5)17)16-9-14-7-6-11(3)12(4)8-14;1-4-6-13(7-5-2)14-10-8-12(3)9-11-14/h6-8,10,15-16H,9H2,1-5H3;8-11,13H,4-7H2,1-3H3. The van der Waals surface area contributed by atoms with Crippen molar-refractivity contribution in [3.63, 3.8) is 0 Å². The predicted octanol–water partition coefficient (Wildman–Crippen LogP) is 7.69. The Bertz CT molecular complexity index is 770. The Morgan fingerprint density at radius 1 is 0.871 bits per heavy atom. The van der Waals surface area contributed by atoms with Gasteiger partial charge >= 0.3 is 0 Å². The van der Waals surface area contributed by atoms with Gasteiger partial charge in [-0.15, -0.1) is 0 Å². The van der Waals surface area contributed by atoms with Crippen LogP contribution in [0.2, 0.25) is 0 Å². The minimum Gasteiger partial charge on any atom is -0.303 e. The first-order chi connectivity index (χ1) is 14.7. The molecule has 0 aliphatic carbocycles. The SMILES string of the molecule is CC(=O)C(NCc1ccc(C)c(C)c1)C(C)C.CCCC(CCC)c1ccc(C)cc1. The molecule has 0 radical (unpaired) electrons. The molecule has 1 N–H and O–H groups in total. The van der Waals surface area contributed by atoms with Crippen molar-refractivity contribution in [1.29, 1.82) is 0 Å². The molecule has 1 atom stereocenters. The van der Waals surface area contributed by atoms with Gasteiger partial charge in [0.05, 0.1) is 6.04 Å². The molecular formula is C29H45NO. The van der Waals surface area contributed by atoms with Crippen molar-refractivity contribution in [2.24, 2.45) is 5.92 Å². The summed E-state index contributed by atoms with van der Waals surface area (Å²) in [4.78, 5) is 11.5. The number of Topliss-reactive ketones (excluding diaryl/α,β-unsaturated/α-hetero) is 1. The highest BCUT2D eigenvalue weighted by Crippen LogP contribution is 2.26. The van der Waals surface area contributed by atoms with Crippen molar-refractivity contribution >= 4 is 5.78 Å². The van der Waals surface area contributed by atoms with Crippen LogP contribution in [0, 0.1) is 26.7 Å². The summed E-state index contributed by atoms with van der Waals surface area (Å²) in [5.74, 6) is 1.33.